The van der Waals surface area contributed by atoms with Crippen LogP contribution < -0.4 is 19.7 Å². The summed E-state index contributed by atoms with van der Waals surface area (Å²) in [6.45, 7) is 0. The molecule has 2 aliphatic rings. The molecule has 6 aromatic carbocycles. The van der Waals surface area contributed by atoms with Crippen LogP contribution in [0.3, 0.4) is 0 Å². The Bertz CT molecular complexity index is 2050. The summed E-state index contributed by atoms with van der Waals surface area (Å²) in [4.78, 5) is 0. The maximum absolute atomic E-state index is 15.0. The van der Waals surface area contributed by atoms with Crippen molar-refractivity contribution in [3.05, 3.63) is 145 Å². The fraction of sp³-hybridized carbons (Fsp3) is 0.0556. The highest BCUT2D eigenvalue weighted by molar-refractivity contribution is 7.68. The van der Waals surface area contributed by atoms with Gasteiger partial charge in [-0.2, -0.15) is 0 Å². The quantitative estimate of drug-likeness (QED) is 0.194. The van der Waals surface area contributed by atoms with Gasteiger partial charge in [-0.1, -0.05) is 97.1 Å². The lowest BCUT2D eigenvalue weighted by Crippen LogP contribution is -2.25. The molecule has 0 saturated heterocycles. The maximum Gasteiger partial charge on any atom is 0.310 e. The Hall–Kier alpha value is -4.44. The molecule has 2 N–H and O–H groups in total. The first kappa shape index (κ1) is 27.1. The molecule has 8 heteroatoms. The SMILES string of the molecule is O=P1(C(O)c2cc3ccccc3cc2C(O)P2(=O)Oc3ccccc3-c3ccccc32)Oc2ccccc2-c2ccccc21. The van der Waals surface area contributed by atoms with Crippen LogP contribution >= 0.6 is 14.7 Å². The first-order valence-corrected chi connectivity index (χ1v) is 17.6. The average molecular weight is 617 g/mol. The van der Waals surface area contributed by atoms with Crippen LogP contribution in [0.1, 0.15) is 22.8 Å². The normalized spacial score (nSPS) is 21.0. The fourth-order valence-electron chi connectivity index (χ4n) is 6.33. The van der Waals surface area contributed by atoms with Crippen molar-refractivity contribution in [3.63, 3.8) is 0 Å². The van der Waals surface area contributed by atoms with Crippen LogP contribution in [-0.2, 0) is 9.13 Å². The van der Waals surface area contributed by atoms with E-state index in [1.54, 1.807) is 60.7 Å². The highest BCUT2D eigenvalue weighted by atomic mass is 31.2. The zero-order valence-electron chi connectivity index (χ0n) is 23.3. The van der Waals surface area contributed by atoms with Crippen LogP contribution in [0.2, 0.25) is 0 Å². The van der Waals surface area contributed by atoms with E-state index in [2.05, 4.69) is 0 Å². The molecule has 8 rings (SSSR count). The molecule has 4 atom stereocenters. The molecule has 2 aliphatic heterocycles. The van der Waals surface area contributed by atoms with Gasteiger partial charge in [0.05, 0.1) is 10.6 Å². The summed E-state index contributed by atoms with van der Waals surface area (Å²) in [6.07, 6.45) is 0. The number of fused-ring (bicyclic) bond motifs is 7. The molecule has 0 fully saturated rings. The number of hydrogen-bond acceptors (Lipinski definition) is 6. The van der Waals surface area contributed by atoms with Crippen LogP contribution in [-0.4, -0.2) is 10.2 Å². The maximum atomic E-state index is 15.0. The second-order valence-electron chi connectivity index (χ2n) is 11.0. The van der Waals surface area contributed by atoms with E-state index in [0.717, 1.165) is 21.9 Å². The lowest BCUT2D eigenvalue weighted by atomic mass is 10.0. The van der Waals surface area contributed by atoms with Crippen LogP contribution in [0.25, 0.3) is 33.0 Å². The molecule has 216 valence electrons. The third-order valence-electron chi connectivity index (χ3n) is 8.45. The molecular formula is C36H26O6P2. The minimum atomic E-state index is -4.06. The number of benzene rings is 6. The minimum absolute atomic E-state index is 0.156. The van der Waals surface area contributed by atoms with E-state index in [4.69, 9.17) is 9.05 Å². The smallest absolute Gasteiger partial charge is 0.310 e. The Morgan fingerprint density at radius 2 is 0.795 bits per heavy atom. The van der Waals surface area contributed by atoms with Crippen molar-refractivity contribution in [1.29, 1.82) is 0 Å². The van der Waals surface area contributed by atoms with E-state index in [1.165, 1.54) is 0 Å². The van der Waals surface area contributed by atoms with Crippen molar-refractivity contribution in [2.75, 3.05) is 0 Å². The standard InChI is InChI=1S/C36H26O6P2/c37-35(43(39)33-19-9-5-15-27(33)25-13-3-7-17-31(25)41-43)29-21-23-11-1-2-12-24(23)22-30(29)36(38)44(40)34-20-10-6-16-28(34)26-14-4-8-18-32(26)42-44/h1-22,35-38H. The summed E-state index contributed by atoms with van der Waals surface area (Å²) in [5.41, 5.74) is 3.27. The fourth-order valence-corrected chi connectivity index (χ4v) is 11.0. The highest BCUT2D eigenvalue weighted by Crippen LogP contribution is 2.66. The van der Waals surface area contributed by atoms with Crippen LogP contribution in [0, 0.1) is 0 Å². The predicted molar refractivity (Wildman–Crippen MR) is 173 cm³/mol. The van der Waals surface area contributed by atoms with Crippen molar-refractivity contribution in [3.8, 4) is 33.8 Å². The number of aliphatic hydroxyl groups excluding tert-OH is 2. The summed E-state index contributed by atoms with van der Waals surface area (Å²) in [5.74, 6) is -2.59. The van der Waals surface area contributed by atoms with Crippen LogP contribution in [0.5, 0.6) is 11.5 Å². The molecule has 0 bridgehead atoms. The molecule has 0 amide bonds. The molecule has 44 heavy (non-hydrogen) atoms. The summed E-state index contributed by atoms with van der Waals surface area (Å²) >= 11 is 0. The molecular weight excluding hydrogens is 590 g/mol. The second kappa shape index (κ2) is 10.1. The van der Waals surface area contributed by atoms with E-state index < -0.39 is 26.4 Å². The molecule has 2 heterocycles. The lowest BCUT2D eigenvalue weighted by Gasteiger charge is -2.35. The number of para-hydroxylation sites is 2. The molecule has 4 unspecified atom stereocenters. The van der Waals surface area contributed by atoms with E-state index >= 15 is 0 Å². The van der Waals surface area contributed by atoms with Crippen molar-refractivity contribution >= 4 is 36.1 Å². The Balaban J connectivity index is 1.33. The Morgan fingerprint density at radius 3 is 1.23 bits per heavy atom. The van der Waals surface area contributed by atoms with Gasteiger partial charge in [-0.25, -0.2) is 0 Å². The second-order valence-corrected chi connectivity index (χ2v) is 15.7. The van der Waals surface area contributed by atoms with Gasteiger partial charge in [0.1, 0.15) is 11.5 Å². The first-order chi connectivity index (χ1) is 21.4. The van der Waals surface area contributed by atoms with Gasteiger partial charge in [0.15, 0.2) is 11.7 Å². The van der Waals surface area contributed by atoms with Gasteiger partial charge >= 0.3 is 14.7 Å². The van der Waals surface area contributed by atoms with Gasteiger partial charge in [0, 0.05) is 11.1 Å². The number of hydrogen-bond donors (Lipinski definition) is 2. The highest BCUT2D eigenvalue weighted by Gasteiger charge is 2.48. The molecule has 0 radical (unpaired) electrons. The molecule has 0 aliphatic carbocycles. The van der Waals surface area contributed by atoms with E-state index in [9.17, 15) is 19.3 Å². The van der Waals surface area contributed by atoms with Crippen molar-refractivity contribution in [1.82, 2.24) is 0 Å². The Morgan fingerprint density at radius 1 is 0.455 bits per heavy atom. The number of rotatable bonds is 4. The summed E-state index contributed by atoms with van der Waals surface area (Å²) in [7, 11) is -8.12. The van der Waals surface area contributed by atoms with Gasteiger partial charge in [0.2, 0.25) is 0 Å². The van der Waals surface area contributed by atoms with E-state index in [-0.39, 0.29) is 11.1 Å². The largest absolute Gasteiger partial charge is 0.437 e. The van der Waals surface area contributed by atoms with Gasteiger partial charge in [0.25, 0.3) is 0 Å². The van der Waals surface area contributed by atoms with Crippen LogP contribution in [0.4, 0.5) is 0 Å². The monoisotopic (exact) mass is 616 g/mol. The van der Waals surface area contributed by atoms with E-state index in [1.807, 2.05) is 72.8 Å². The third kappa shape index (κ3) is 3.96. The minimum Gasteiger partial charge on any atom is -0.437 e. The average Bonchev–Trinajstić information content (AvgIpc) is 3.07. The van der Waals surface area contributed by atoms with Gasteiger partial charge in [-0.15, -0.1) is 0 Å². The summed E-state index contributed by atoms with van der Waals surface area (Å²) in [6, 6.07) is 39.7. The van der Waals surface area contributed by atoms with E-state index in [0.29, 0.717) is 33.2 Å². The topological polar surface area (TPSA) is 93.1 Å². The molecule has 6 aromatic rings. The summed E-state index contributed by atoms with van der Waals surface area (Å²) < 4.78 is 42.4. The molecule has 0 aromatic heterocycles. The van der Waals surface area contributed by atoms with Crippen LogP contribution in [0.15, 0.2) is 133 Å². The predicted octanol–water partition coefficient (Wildman–Crippen LogP) is 8.15. The lowest BCUT2D eigenvalue weighted by molar-refractivity contribution is 0.219. The molecule has 0 saturated carbocycles. The zero-order valence-corrected chi connectivity index (χ0v) is 25.1. The van der Waals surface area contributed by atoms with Gasteiger partial charge in [-0.3, -0.25) is 9.13 Å². The van der Waals surface area contributed by atoms with Gasteiger partial charge < -0.3 is 19.3 Å². The Labute approximate surface area is 254 Å². The van der Waals surface area contributed by atoms with Crippen molar-refractivity contribution in [2.45, 2.75) is 11.7 Å². The van der Waals surface area contributed by atoms with Crippen molar-refractivity contribution in [2.24, 2.45) is 0 Å². The molecule has 6 nitrogen and oxygen atoms in total. The zero-order chi connectivity index (χ0) is 30.1. The molecule has 0 spiro atoms. The van der Waals surface area contributed by atoms with Gasteiger partial charge in [-0.05, 0) is 69.4 Å². The third-order valence-corrected chi connectivity index (χ3v) is 13.4. The first-order valence-electron chi connectivity index (χ1n) is 14.2. The summed E-state index contributed by atoms with van der Waals surface area (Å²) in [5, 5.41) is 26.6. The number of aliphatic hydroxyl groups is 2. The van der Waals surface area contributed by atoms with Crippen molar-refractivity contribution < 1.29 is 28.4 Å². The Kier molecular flexibility index (Phi) is 6.20.